The van der Waals surface area contributed by atoms with Crippen LogP contribution in [-0.2, 0) is 11.2 Å². The molecule has 23 heavy (non-hydrogen) atoms. The summed E-state index contributed by atoms with van der Waals surface area (Å²) in [7, 11) is 4.98. The van der Waals surface area contributed by atoms with Crippen LogP contribution in [0.15, 0.2) is 48.5 Å². The van der Waals surface area contributed by atoms with Gasteiger partial charge in [-0.2, -0.15) is 0 Å². The predicted molar refractivity (Wildman–Crippen MR) is 89.8 cm³/mol. The molecular weight excluding hydrogens is 292 g/mol. The molecule has 2 aromatic rings. The van der Waals surface area contributed by atoms with Gasteiger partial charge in [0.15, 0.2) is 0 Å². The minimum absolute atomic E-state index is 0.0723. The van der Waals surface area contributed by atoms with Crippen LogP contribution in [0.4, 0.5) is 5.69 Å². The second-order valence-electron chi connectivity index (χ2n) is 5.31. The average Bonchev–Trinajstić information content (AvgIpc) is 2.55. The van der Waals surface area contributed by atoms with Crippen molar-refractivity contribution in [2.24, 2.45) is 0 Å². The van der Waals surface area contributed by atoms with Crippen molar-refractivity contribution in [2.45, 2.75) is 6.42 Å². The van der Waals surface area contributed by atoms with Crippen LogP contribution < -0.4 is 10.1 Å². The maximum Gasteiger partial charge on any atom is 0.253 e. The van der Waals surface area contributed by atoms with Crippen LogP contribution in [0.3, 0.4) is 0 Å². The fraction of sp³-hybridized carbons (Fsp3) is 0.222. The summed E-state index contributed by atoms with van der Waals surface area (Å²) < 4.78 is 5.24. The van der Waals surface area contributed by atoms with Gasteiger partial charge in [0.25, 0.3) is 5.91 Å². The van der Waals surface area contributed by atoms with E-state index in [1.54, 1.807) is 45.5 Å². The first-order chi connectivity index (χ1) is 11.0. The number of para-hydroxylation sites is 1. The van der Waals surface area contributed by atoms with E-state index in [-0.39, 0.29) is 18.2 Å². The first kappa shape index (κ1) is 16.5. The highest BCUT2D eigenvalue weighted by molar-refractivity contribution is 5.96. The summed E-state index contributed by atoms with van der Waals surface area (Å²) in [5, 5.41) is 2.82. The first-order valence-electron chi connectivity index (χ1n) is 7.24. The van der Waals surface area contributed by atoms with Gasteiger partial charge in [0.2, 0.25) is 5.91 Å². The molecule has 0 radical (unpaired) electrons. The molecule has 0 unspecified atom stereocenters. The van der Waals surface area contributed by atoms with Crippen LogP contribution in [0.1, 0.15) is 15.9 Å². The van der Waals surface area contributed by atoms with Gasteiger partial charge >= 0.3 is 0 Å². The van der Waals surface area contributed by atoms with E-state index in [9.17, 15) is 9.59 Å². The van der Waals surface area contributed by atoms with Gasteiger partial charge in [-0.15, -0.1) is 0 Å². The van der Waals surface area contributed by atoms with E-state index in [1.807, 2.05) is 24.3 Å². The summed E-state index contributed by atoms with van der Waals surface area (Å²) in [6.45, 7) is 0. The van der Waals surface area contributed by atoms with E-state index in [2.05, 4.69) is 5.32 Å². The molecule has 2 aromatic carbocycles. The monoisotopic (exact) mass is 312 g/mol. The zero-order chi connectivity index (χ0) is 16.8. The molecule has 1 N–H and O–H groups in total. The number of carbonyl (C=O) groups is 2. The number of anilines is 1. The summed E-state index contributed by atoms with van der Waals surface area (Å²) >= 11 is 0. The van der Waals surface area contributed by atoms with Crippen molar-refractivity contribution in [3.8, 4) is 5.75 Å². The highest BCUT2D eigenvalue weighted by Crippen LogP contribution is 2.18. The molecule has 5 heteroatoms. The summed E-state index contributed by atoms with van der Waals surface area (Å²) in [6.07, 6.45) is 0.225. The van der Waals surface area contributed by atoms with Crippen molar-refractivity contribution >= 4 is 17.5 Å². The minimum Gasteiger partial charge on any atom is -0.496 e. The molecule has 0 atom stereocenters. The predicted octanol–water partition coefficient (Wildman–Crippen LogP) is 2.58. The molecular formula is C18H20N2O3. The summed E-state index contributed by atoms with van der Waals surface area (Å²) in [6, 6.07) is 14.2. The number of nitrogens with one attached hydrogen (secondary N) is 1. The molecule has 0 aliphatic rings. The summed E-state index contributed by atoms with van der Waals surface area (Å²) in [4.78, 5) is 25.5. The Labute approximate surface area is 135 Å². The summed E-state index contributed by atoms with van der Waals surface area (Å²) in [5.41, 5.74) is 2.06. The molecule has 5 nitrogen and oxygen atoms in total. The lowest BCUT2D eigenvalue weighted by Crippen LogP contribution is -2.21. The largest absolute Gasteiger partial charge is 0.496 e. The smallest absolute Gasteiger partial charge is 0.253 e. The van der Waals surface area contributed by atoms with Crippen molar-refractivity contribution < 1.29 is 14.3 Å². The van der Waals surface area contributed by atoms with Crippen molar-refractivity contribution in [1.29, 1.82) is 0 Å². The summed E-state index contributed by atoms with van der Waals surface area (Å²) in [5.74, 6) is 0.479. The number of benzene rings is 2. The topological polar surface area (TPSA) is 58.6 Å². The number of rotatable bonds is 5. The second kappa shape index (κ2) is 7.45. The fourth-order valence-corrected chi connectivity index (χ4v) is 2.18. The molecule has 0 saturated carbocycles. The Morgan fingerprint density at radius 1 is 1.04 bits per heavy atom. The van der Waals surface area contributed by atoms with Crippen LogP contribution in [0.25, 0.3) is 0 Å². The minimum atomic E-state index is -0.138. The van der Waals surface area contributed by atoms with Gasteiger partial charge < -0.3 is 15.0 Å². The highest BCUT2D eigenvalue weighted by Gasteiger charge is 2.10. The number of carbonyl (C=O) groups excluding carboxylic acids is 2. The zero-order valence-electron chi connectivity index (χ0n) is 13.5. The van der Waals surface area contributed by atoms with Crippen molar-refractivity contribution in [2.75, 3.05) is 26.5 Å². The highest BCUT2D eigenvalue weighted by atomic mass is 16.5. The van der Waals surface area contributed by atoms with E-state index >= 15 is 0 Å². The SMILES string of the molecule is COc1ccccc1CC(=O)Nc1ccc(C(=O)N(C)C)cc1. The molecule has 2 rings (SSSR count). The van der Waals surface area contributed by atoms with Crippen LogP contribution in [-0.4, -0.2) is 37.9 Å². The molecule has 0 heterocycles. The Balaban J connectivity index is 2.02. The van der Waals surface area contributed by atoms with E-state index < -0.39 is 0 Å². The van der Waals surface area contributed by atoms with Crippen molar-refractivity contribution in [1.82, 2.24) is 4.90 Å². The molecule has 2 amide bonds. The number of nitrogens with zero attached hydrogens (tertiary/aromatic N) is 1. The van der Waals surface area contributed by atoms with Gasteiger partial charge in [0, 0.05) is 30.9 Å². The average molecular weight is 312 g/mol. The molecule has 0 spiro atoms. The van der Waals surface area contributed by atoms with Crippen LogP contribution >= 0.6 is 0 Å². The van der Waals surface area contributed by atoms with Gasteiger partial charge in [-0.05, 0) is 30.3 Å². The quantitative estimate of drug-likeness (QED) is 0.923. The third-order valence-electron chi connectivity index (χ3n) is 3.37. The van der Waals surface area contributed by atoms with E-state index in [0.717, 1.165) is 5.56 Å². The maximum atomic E-state index is 12.1. The Morgan fingerprint density at radius 2 is 1.70 bits per heavy atom. The van der Waals surface area contributed by atoms with Gasteiger partial charge in [-0.1, -0.05) is 18.2 Å². The molecule has 0 aliphatic heterocycles. The maximum absolute atomic E-state index is 12.1. The first-order valence-corrected chi connectivity index (χ1v) is 7.24. The van der Waals surface area contributed by atoms with Gasteiger partial charge in [-0.3, -0.25) is 9.59 Å². The molecule has 0 aromatic heterocycles. The molecule has 0 bridgehead atoms. The van der Waals surface area contributed by atoms with Crippen LogP contribution in [0, 0.1) is 0 Å². The number of ether oxygens (including phenoxy) is 1. The number of methoxy groups -OCH3 is 1. The molecule has 0 saturated heterocycles. The van der Waals surface area contributed by atoms with Crippen molar-refractivity contribution in [3.05, 3.63) is 59.7 Å². The van der Waals surface area contributed by atoms with Crippen LogP contribution in [0.2, 0.25) is 0 Å². The molecule has 0 fully saturated rings. The van der Waals surface area contributed by atoms with Gasteiger partial charge in [0.1, 0.15) is 5.75 Å². The third kappa shape index (κ3) is 4.32. The van der Waals surface area contributed by atoms with Crippen LogP contribution in [0.5, 0.6) is 5.75 Å². The fourth-order valence-electron chi connectivity index (χ4n) is 2.18. The third-order valence-corrected chi connectivity index (χ3v) is 3.37. The lowest BCUT2D eigenvalue weighted by molar-refractivity contribution is -0.115. The van der Waals surface area contributed by atoms with Gasteiger partial charge in [0.05, 0.1) is 13.5 Å². The molecule has 0 aliphatic carbocycles. The lowest BCUT2D eigenvalue weighted by atomic mass is 10.1. The lowest BCUT2D eigenvalue weighted by Gasteiger charge is -2.11. The Bertz CT molecular complexity index is 694. The zero-order valence-corrected chi connectivity index (χ0v) is 13.5. The van der Waals surface area contributed by atoms with Gasteiger partial charge in [-0.25, -0.2) is 0 Å². The van der Waals surface area contributed by atoms with E-state index in [0.29, 0.717) is 17.0 Å². The van der Waals surface area contributed by atoms with Crippen molar-refractivity contribution in [3.63, 3.8) is 0 Å². The Morgan fingerprint density at radius 3 is 2.30 bits per heavy atom. The number of hydrogen-bond acceptors (Lipinski definition) is 3. The molecule has 120 valence electrons. The Kier molecular flexibility index (Phi) is 5.36. The number of hydrogen-bond donors (Lipinski definition) is 1. The number of amides is 2. The van der Waals surface area contributed by atoms with E-state index in [1.165, 1.54) is 4.90 Å². The second-order valence-corrected chi connectivity index (χ2v) is 5.31. The normalized spacial score (nSPS) is 10.0. The Hall–Kier alpha value is -2.82. The standard InChI is InChI=1S/C18H20N2O3/c1-20(2)18(22)13-8-10-15(11-9-13)19-17(21)12-14-6-4-5-7-16(14)23-3/h4-11H,12H2,1-3H3,(H,19,21). The van der Waals surface area contributed by atoms with E-state index in [4.69, 9.17) is 4.74 Å².